The van der Waals surface area contributed by atoms with Crippen LogP contribution in [0.25, 0.3) is 11.1 Å². The second-order valence-electron chi connectivity index (χ2n) is 6.39. The number of hydrogen-bond acceptors (Lipinski definition) is 5. The molecule has 8 heteroatoms. The van der Waals surface area contributed by atoms with Gasteiger partial charge in [-0.15, -0.1) is 5.10 Å². The third-order valence-electron chi connectivity index (χ3n) is 4.65. The standard InChI is InChI=1S/C20H13FN6O/c21-20-14(7-22)2-1-3-17(20)13-4-5-15-9-26(10-16(15)6-13)19(28)11-27-12-24-18(8-23)25-27/h1-6,12H,9-11H2. The Balaban J connectivity index is 1.54. The largest absolute Gasteiger partial charge is 0.332 e. The fourth-order valence-corrected chi connectivity index (χ4v) is 3.24. The van der Waals surface area contributed by atoms with Crippen molar-refractivity contribution < 1.29 is 9.18 Å². The van der Waals surface area contributed by atoms with E-state index in [2.05, 4.69) is 10.1 Å². The molecule has 0 N–H and O–H groups in total. The number of fused-ring (bicyclic) bond motifs is 1. The number of aromatic nitrogens is 3. The van der Waals surface area contributed by atoms with Gasteiger partial charge in [-0.2, -0.15) is 10.5 Å². The highest BCUT2D eigenvalue weighted by atomic mass is 19.1. The molecule has 7 nitrogen and oxygen atoms in total. The first-order valence-corrected chi connectivity index (χ1v) is 8.47. The molecule has 0 atom stereocenters. The Hall–Kier alpha value is -4.04. The van der Waals surface area contributed by atoms with E-state index in [0.29, 0.717) is 24.2 Å². The van der Waals surface area contributed by atoms with Gasteiger partial charge in [0.1, 0.15) is 30.8 Å². The van der Waals surface area contributed by atoms with Crippen molar-refractivity contribution in [2.24, 2.45) is 0 Å². The number of nitriles is 2. The Morgan fingerprint density at radius 2 is 1.96 bits per heavy atom. The summed E-state index contributed by atoms with van der Waals surface area (Å²) in [4.78, 5) is 18.0. The molecule has 0 spiro atoms. The average molecular weight is 372 g/mol. The molecular formula is C20H13FN6O. The Labute approximate surface area is 159 Å². The maximum Gasteiger partial charge on any atom is 0.252 e. The van der Waals surface area contributed by atoms with Gasteiger partial charge in [-0.1, -0.05) is 24.3 Å². The van der Waals surface area contributed by atoms with Crippen LogP contribution in [0.2, 0.25) is 0 Å². The summed E-state index contributed by atoms with van der Waals surface area (Å²) in [5.74, 6) is -0.677. The first-order chi connectivity index (χ1) is 13.6. The minimum absolute atomic E-state index is 0.000580. The number of rotatable bonds is 3. The second kappa shape index (κ2) is 6.93. The van der Waals surface area contributed by atoms with E-state index < -0.39 is 5.82 Å². The van der Waals surface area contributed by atoms with Crippen molar-refractivity contribution >= 4 is 5.91 Å². The van der Waals surface area contributed by atoms with Crippen LogP contribution < -0.4 is 0 Å². The molecule has 1 amide bonds. The predicted octanol–water partition coefficient (Wildman–Crippen LogP) is 2.37. The van der Waals surface area contributed by atoms with Crippen LogP contribution in [0.3, 0.4) is 0 Å². The molecule has 0 radical (unpaired) electrons. The zero-order valence-electron chi connectivity index (χ0n) is 14.6. The second-order valence-corrected chi connectivity index (χ2v) is 6.39. The average Bonchev–Trinajstić information content (AvgIpc) is 3.34. The fraction of sp³-hybridized carbons (Fsp3) is 0.150. The first-order valence-electron chi connectivity index (χ1n) is 8.47. The minimum atomic E-state index is -0.546. The molecule has 0 aliphatic carbocycles. The molecule has 1 aromatic heterocycles. The maximum absolute atomic E-state index is 14.5. The lowest BCUT2D eigenvalue weighted by Crippen LogP contribution is -2.29. The summed E-state index contributed by atoms with van der Waals surface area (Å²) in [5, 5.41) is 21.7. The predicted molar refractivity (Wildman–Crippen MR) is 95.5 cm³/mol. The minimum Gasteiger partial charge on any atom is -0.332 e. The molecule has 4 rings (SSSR count). The summed E-state index contributed by atoms with van der Waals surface area (Å²) < 4.78 is 15.8. The molecule has 0 saturated heterocycles. The van der Waals surface area contributed by atoms with Crippen molar-refractivity contribution in [3.63, 3.8) is 0 Å². The topological polar surface area (TPSA) is 98.6 Å². The summed E-state index contributed by atoms with van der Waals surface area (Å²) in [6.45, 7) is 0.852. The van der Waals surface area contributed by atoms with E-state index in [1.54, 1.807) is 23.1 Å². The quantitative estimate of drug-likeness (QED) is 0.703. The van der Waals surface area contributed by atoms with Crippen LogP contribution in [0.4, 0.5) is 4.39 Å². The molecule has 0 unspecified atom stereocenters. The van der Waals surface area contributed by atoms with Crippen LogP contribution in [0, 0.1) is 28.5 Å². The van der Waals surface area contributed by atoms with E-state index in [1.807, 2.05) is 24.3 Å². The van der Waals surface area contributed by atoms with Gasteiger partial charge in [0.05, 0.1) is 5.56 Å². The van der Waals surface area contributed by atoms with Gasteiger partial charge in [0.2, 0.25) is 5.91 Å². The van der Waals surface area contributed by atoms with Crippen molar-refractivity contribution in [2.45, 2.75) is 19.6 Å². The molecule has 3 aromatic rings. The van der Waals surface area contributed by atoms with Gasteiger partial charge in [-0.25, -0.2) is 14.1 Å². The van der Waals surface area contributed by atoms with E-state index in [9.17, 15) is 9.18 Å². The zero-order chi connectivity index (χ0) is 19.7. The van der Waals surface area contributed by atoms with Crippen LogP contribution in [0.1, 0.15) is 22.5 Å². The highest BCUT2D eigenvalue weighted by Gasteiger charge is 2.24. The highest BCUT2D eigenvalue weighted by molar-refractivity contribution is 5.77. The lowest BCUT2D eigenvalue weighted by molar-refractivity contribution is -0.132. The van der Waals surface area contributed by atoms with E-state index >= 15 is 0 Å². The molecule has 2 aromatic carbocycles. The number of hydrogen-bond donors (Lipinski definition) is 0. The normalized spacial score (nSPS) is 12.3. The van der Waals surface area contributed by atoms with Gasteiger partial charge in [-0.3, -0.25) is 4.79 Å². The molecule has 28 heavy (non-hydrogen) atoms. The van der Waals surface area contributed by atoms with Gasteiger partial charge in [0.25, 0.3) is 5.82 Å². The number of benzene rings is 2. The third kappa shape index (κ3) is 3.08. The number of amides is 1. The van der Waals surface area contributed by atoms with E-state index in [4.69, 9.17) is 10.5 Å². The summed E-state index contributed by atoms with van der Waals surface area (Å²) in [7, 11) is 0. The van der Waals surface area contributed by atoms with Gasteiger partial charge >= 0.3 is 0 Å². The van der Waals surface area contributed by atoms with Crippen molar-refractivity contribution in [2.75, 3.05) is 0 Å². The molecular weight excluding hydrogens is 359 g/mol. The van der Waals surface area contributed by atoms with Crippen LogP contribution in [0.15, 0.2) is 42.7 Å². The summed E-state index contributed by atoms with van der Waals surface area (Å²) >= 11 is 0. The fourth-order valence-electron chi connectivity index (χ4n) is 3.24. The molecule has 0 fully saturated rings. The number of carbonyl (C=O) groups excluding carboxylic acids is 1. The van der Waals surface area contributed by atoms with Gasteiger partial charge in [-0.05, 0) is 28.8 Å². The van der Waals surface area contributed by atoms with E-state index in [1.165, 1.54) is 17.1 Å². The van der Waals surface area contributed by atoms with E-state index in [0.717, 1.165) is 11.1 Å². The first kappa shape index (κ1) is 17.4. The lowest BCUT2D eigenvalue weighted by Gasteiger charge is -2.14. The van der Waals surface area contributed by atoms with Crippen LogP contribution >= 0.6 is 0 Å². The molecule has 0 saturated carbocycles. The Morgan fingerprint density at radius 3 is 2.71 bits per heavy atom. The van der Waals surface area contributed by atoms with Crippen LogP contribution in [-0.4, -0.2) is 25.6 Å². The third-order valence-corrected chi connectivity index (χ3v) is 4.65. The van der Waals surface area contributed by atoms with Crippen LogP contribution in [-0.2, 0) is 24.4 Å². The maximum atomic E-state index is 14.5. The van der Waals surface area contributed by atoms with Gasteiger partial charge in [0, 0.05) is 18.7 Å². The zero-order valence-corrected chi connectivity index (χ0v) is 14.6. The van der Waals surface area contributed by atoms with Gasteiger partial charge < -0.3 is 4.90 Å². The summed E-state index contributed by atoms with van der Waals surface area (Å²) in [6.07, 6.45) is 1.35. The van der Waals surface area contributed by atoms with E-state index in [-0.39, 0.29) is 23.8 Å². The monoisotopic (exact) mass is 372 g/mol. The number of nitrogens with zero attached hydrogens (tertiary/aromatic N) is 6. The van der Waals surface area contributed by atoms with Crippen molar-refractivity contribution in [1.82, 2.24) is 19.7 Å². The summed E-state index contributed by atoms with van der Waals surface area (Å²) in [5.41, 5.74) is 2.95. The number of carbonyl (C=O) groups is 1. The van der Waals surface area contributed by atoms with Crippen LogP contribution in [0.5, 0.6) is 0 Å². The SMILES string of the molecule is N#Cc1ncn(CC(=O)N2Cc3ccc(-c4cccc(C#N)c4F)cc3C2)n1. The Bertz CT molecular complexity index is 1170. The number of halogens is 1. The van der Waals surface area contributed by atoms with Crippen molar-refractivity contribution in [3.05, 3.63) is 71.1 Å². The Kier molecular flexibility index (Phi) is 4.30. The lowest BCUT2D eigenvalue weighted by atomic mass is 9.98. The molecule has 1 aliphatic rings. The Morgan fingerprint density at radius 1 is 1.14 bits per heavy atom. The van der Waals surface area contributed by atoms with Crippen molar-refractivity contribution in [3.8, 4) is 23.3 Å². The highest BCUT2D eigenvalue weighted by Crippen LogP contribution is 2.30. The molecule has 0 bridgehead atoms. The summed E-state index contributed by atoms with van der Waals surface area (Å²) in [6, 6.07) is 13.9. The molecule has 2 heterocycles. The van der Waals surface area contributed by atoms with Crippen molar-refractivity contribution in [1.29, 1.82) is 10.5 Å². The molecule has 136 valence electrons. The smallest absolute Gasteiger partial charge is 0.252 e. The van der Waals surface area contributed by atoms with Gasteiger partial charge in [0.15, 0.2) is 0 Å². The molecule has 1 aliphatic heterocycles.